The molecule has 30 heavy (non-hydrogen) atoms. The molecule has 9 heteroatoms. The van der Waals surface area contributed by atoms with E-state index in [0.717, 1.165) is 4.90 Å². The van der Waals surface area contributed by atoms with Gasteiger partial charge in [-0.25, -0.2) is 4.90 Å². The SMILES string of the molecule is CCOc1ccc(N2C(=O)C[C@H](N(Cc3ccco3)C(=O)CCC(=O)O)C2=O)cc1. The highest BCUT2D eigenvalue weighted by Crippen LogP contribution is 2.28. The average Bonchev–Trinajstić information content (AvgIpc) is 3.33. The molecule has 158 valence electrons. The van der Waals surface area contributed by atoms with E-state index in [2.05, 4.69) is 0 Å². The van der Waals surface area contributed by atoms with Gasteiger partial charge in [-0.3, -0.25) is 19.2 Å². The number of anilines is 1. The Morgan fingerprint density at radius 3 is 2.53 bits per heavy atom. The van der Waals surface area contributed by atoms with Crippen molar-refractivity contribution in [2.24, 2.45) is 0 Å². The third-order valence-electron chi connectivity index (χ3n) is 4.68. The maximum atomic E-state index is 13.1. The lowest BCUT2D eigenvalue weighted by Crippen LogP contribution is -2.45. The Balaban J connectivity index is 1.82. The molecule has 0 aliphatic carbocycles. The number of hydrogen-bond acceptors (Lipinski definition) is 6. The molecule has 0 bridgehead atoms. The molecule has 1 saturated heterocycles. The van der Waals surface area contributed by atoms with Crippen LogP contribution in [0.1, 0.15) is 31.9 Å². The molecule has 1 aromatic heterocycles. The van der Waals surface area contributed by atoms with Gasteiger partial charge in [0.15, 0.2) is 0 Å². The second-order valence-electron chi connectivity index (χ2n) is 6.71. The zero-order valence-electron chi connectivity index (χ0n) is 16.4. The van der Waals surface area contributed by atoms with E-state index in [-0.39, 0.29) is 25.8 Å². The fraction of sp³-hybridized carbons (Fsp3) is 0.333. The number of rotatable bonds is 9. The summed E-state index contributed by atoms with van der Waals surface area (Å²) in [6.07, 6.45) is 0.594. The Bertz CT molecular complexity index is 921. The third-order valence-corrected chi connectivity index (χ3v) is 4.68. The van der Waals surface area contributed by atoms with Gasteiger partial charge < -0.3 is 19.2 Å². The number of carboxylic acid groups (broad SMARTS) is 1. The number of carboxylic acids is 1. The van der Waals surface area contributed by atoms with Gasteiger partial charge >= 0.3 is 5.97 Å². The average molecular weight is 414 g/mol. The van der Waals surface area contributed by atoms with Crippen LogP contribution in [0.3, 0.4) is 0 Å². The van der Waals surface area contributed by atoms with Crippen LogP contribution in [0.15, 0.2) is 47.1 Å². The van der Waals surface area contributed by atoms with Crippen LogP contribution in [-0.4, -0.2) is 46.3 Å². The minimum Gasteiger partial charge on any atom is -0.494 e. The van der Waals surface area contributed by atoms with Crippen molar-refractivity contribution >= 4 is 29.4 Å². The summed E-state index contributed by atoms with van der Waals surface area (Å²) in [5.74, 6) is -1.60. The first-order valence-electron chi connectivity index (χ1n) is 9.54. The van der Waals surface area contributed by atoms with Gasteiger partial charge in [0.25, 0.3) is 5.91 Å². The standard InChI is InChI=1S/C21H22N2O7/c1-2-29-15-7-5-14(6-8-15)23-19(25)12-17(21(23)28)22(13-16-4-3-11-30-16)18(24)9-10-20(26)27/h3-8,11,17H,2,9-10,12-13H2,1H3,(H,26,27)/t17-/m0/s1. The van der Waals surface area contributed by atoms with Crippen molar-refractivity contribution in [1.82, 2.24) is 4.90 Å². The molecular formula is C21H22N2O7. The summed E-state index contributed by atoms with van der Waals surface area (Å²) in [7, 11) is 0. The second-order valence-corrected chi connectivity index (χ2v) is 6.71. The largest absolute Gasteiger partial charge is 0.494 e. The summed E-state index contributed by atoms with van der Waals surface area (Å²) in [5.41, 5.74) is 0.381. The molecule has 0 unspecified atom stereocenters. The van der Waals surface area contributed by atoms with Gasteiger partial charge in [-0.2, -0.15) is 0 Å². The smallest absolute Gasteiger partial charge is 0.303 e. The summed E-state index contributed by atoms with van der Waals surface area (Å²) < 4.78 is 10.6. The van der Waals surface area contributed by atoms with Crippen molar-refractivity contribution in [3.05, 3.63) is 48.4 Å². The number of hydrogen-bond donors (Lipinski definition) is 1. The number of amides is 3. The first-order chi connectivity index (χ1) is 14.4. The Morgan fingerprint density at radius 1 is 1.20 bits per heavy atom. The van der Waals surface area contributed by atoms with Gasteiger partial charge in [0.2, 0.25) is 11.8 Å². The number of nitrogens with zero attached hydrogens (tertiary/aromatic N) is 2. The molecule has 3 rings (SSSR count). The predicted molar refractivity (Wildman–Crippen MR) is 105 cm³/mol. The molecule has 2 heterocycles. The van der Waals surface area contributed by atoms with Crippen molar-refractivity contribution in [1.29, 1.82) is 0 Å². The molecule has 2 aromatic rings. The monoisotopic (exact) mass is 414 g/mol. The number of carbonyl (C=O) groups excluding carboxylic acids is 3. The second kappa shape index (κ2) is 9.25. The number of ether oxygens (including phenoxy) is 1. The van der Waals surface area contributed by atoms with E-state index in [1.54, 1.807) is 36.4 Å². The normalized spacial score (nSPS) is 16.0. The molecule has 9 nitrogen and oxygen atoms in total. The highest BCUT2D eigenvalue weighted by atomic mass is 16.5. The summed E-state index contributed by atoms with van der Waals surface area (Å²) in [6.45, 7) is 2.30. The van der Waals surface area contributed by atoms with E-state index < -0.39 is 29.7 Å². The Hall–Kier alpha value is -3.62. The maximum absolute atomic E-state index is 13.1. The van der Waals surface area contributed by atoms with Crippen molar-refractivity contribution in [2.45, 2.75) is 38.8 Å². The van der Waals surface area contributed by atoms with E-state index in [9.17, 15) is 19.2 Å². The highest BCUT2D eigenvalue weighted by molar-refractivity contribution is 6.23. The molecule has 0 spiro atoms. The molecular weight excluding hydrogens is 392 g/mol. The highest BCUT2D eigenvalue weighted by Gasteiger charge is 2.44. The molecule has 1 atom stereocenters. The predicted octanol–water partition coefficient (Wildman–Crippen LogP) is 2.20. The number of aliphatic carboxylic acids is 1. The quantitative estimate of drug-likeness (QED) is 0.625. The number of imide groups is 1. The van der Waals surface area contributed by atoms with E-state index in [0.29, 0.717) is 23.8 Å². The van der Waals surface area contributed by atoms with Crippen molar-refractivity contribution < 1.29 is 33.4 Å². The van der Waals surface area contributed by atoms with Gasteiger partial charge in [0.1, 0.15) is 17.6 Å². The van der Waals surface area contributed by atoms with Gasteiger partial charge in [-0.15, -0.1) is 0 Å². The topological polar surface area (TPSA) is 117 Å². The molecule has 0 saturated carbocycles. The van der Waals surface area contributed by atoms with Crippen LogP contribution in [0.4, 0.5) is 5.69 Å². The lowest BCUT2D eigenvalue weighted by Gasteiger charge is -2.26. The number of benzene rings is 1. The Kier molecular flexibility index (Phi) is 6.51. The molecule has 0 radical (unpaired) electrons. The van der Waals surface area contributed by atoms with Crippen LogP contribution in [0.5, 0.6) is 5.75 Å². The zero-order chi connectivity index (χ0) is 21.7. The van der Waals surface area contributed by atoms with Crippen LogP contribution >= 0.6 is 0 Å². The van der Waals surface area contributed by atoms with Crippen LogP contribution in [-0.2, 0) is 25.7 Å². The van der Waals surface area contributed by atoms with E-state index in [1.165, 1.54) is 11.2 Å². The van der Waals surface area contributed by atoms with E-state index in [4.69, 9.17) is 14.3 Å². The Morgan fingerprint density at radius 2 is 1.93 bits per heavy atom. The van der Waals surface area contributed by atoms with E-state index in [1.807, 2.05) is 6.92 Å². The Labute approximate surface area is 172 Å². The van der Waals surface area contributed by atoms with Gasteiger partial charge in [-0.1, -0.05) is 0 Å². The minimum absolute atomic E-state index is 0.0355. The van der Waals surface area contributed by atoms with Crippen molar-refractivity contribution in [3.63, 3.8) is 0 Å². The molecule has 1 N–H and O–H groups in total. The summed E-state index contributed by atoms with van der Waals surface area (Å²) in [6, 6.07) is 8.77. The fourth-order valence-corrected chi connectivity index (χ4v) is 3.29. The van der Waals surface area contributed by atoms with Gasteiger partial charge in [0.05, 0.1) is 37.9 Å². The van der Waals surface area contributed by atoms with E-state index >= 15 is 0 Å². The fourth-order valence-electron chi connectivity index (χ4n) is 3.29. The van der Waals surface area contributed by atoms with Gasteiger partial charge in [-0.05, 0) is 43.3 Å². The van der Waals surface area contributed by atoms with Crippen LogP contribution < -0.4 is 9.64 Å². The lowest BCUT2D eigenvalue weighted by atomic mass is 10.1. The minimum atomic E-state index is -1.12. The summed E-state index contributed by atoms with van der Waals surface area (Å²) in [5, 5.41) is 8.88. The van der Waals surface area contributed by atoms with Crippen molar-refractivity contribution in [3.8, 4) is 5.75 Å². The number of furan rings is 1. The van der Waals surface area contributed by atoms with Crippen molar-refractivity contribution in [2.75, 3.05) is 11.5 Å². The third kappa shape index (κ3) is 4.68. The first kappa shape index (κ1) is 21.1. The van der Waals surface area contributed by atoms with Crippen LogP contribution in [0, 0.1) is 0 Å². The number of carbonyl (C=O) groups is 4. The molecule has 1 aliphatic heterocycles. The first-order valence-corrected chi connectivity index (χ1v) is 9.54. The summed E-state index contributed by atoms with van der Waals surface area (Å²) in [4.78, 5) is 51.5. The lowest BCUT2D eigenvalue weighted by molar-refractivity contribution is -0.143. The molecule has 1 fully saturated rings. The molecule has 1 aromatic carbocycles. The zero-order valence-corrected chi connectivity index (χ0v) is 16.4. The molecule has 3 amide bonds. The van der Waals surface area contributed by atoms with Crippen LogP contribution in [0.25, 0.3) is 0 Å². The van der Waals surface area contributed by atoms with Gasteiger partial charge in [0, 0.05) is 6.42 Å². The summed E-state index contributed by atoms with van der Waals surface area (Å²) >= 11 is 0. The molecule has 1 aliphatic rings. The maximum Gasteiger partial charge on any atom is 0.303 e. The van der Waals surface area contributed by atoms with Crippen LogP contribution in [0.2, 0.25) is 0 Å².